The first-order valence-corrected chi connectivity index (χ1v) is 8.89. The van der Waals surface area contributed by atoms with Gasteiger partial charge in [-0.3, -0.25) is 0 Å². The molecule has 2 rings (SSSR count). The average Bonchev–Trinajstić information content (AvgIpc) is 3.03. The first-order chi connectivity index (χ1) is 9.63. The van der Waals surface area contributed by atoms with E-state index in [0.717, 1.165) is 25.4 Å². The molecule has 1 aromatic heterocycles. The Hall–Kier alpha value is -0.610. The average molecular weight is 295 g/mol. The van der Waals surface area contributed by atoms with Gasteiger partial charge >= 0.3 is 0 Å². The van der Waals surface area contributed by atoms with Crippen molar-refractivity contribution < 1.29 is 0 Å². The van der Waals surface area contributed by atoms with Crippen LogP contribution in [-0.2, 0) is 13.0 Å². The summed E-state index contributed by atoms with van der Waals surface area (Å²) in [5.74, 6) is 1.57. The quantitative estimate of drug-likeness (QED) is 0.831. The molecular weight excluding hydrogens is 266 g/mol. The van der Waals surface area contributed by atoms with Crippen LogP contribution in [-0.4, -0.2) is 24.6 Å². The third kappa shape index (κ3) is 3.95. The van der Waals surface area contributed by atoms with Crippen molar-refractivity contribution in [1.29, 1.82) is 0 Å². The Balaban J connectivity index is 1.99. The highest BCUT2D eigenvalue weighted by atomic mass is 32.1. The van der Waals surface area contributed by atoms with Crippen LogP contribution in [0.2, 0.25) is 0 Å². The van der Waals surface area contributed by atoms with Gasteiger partial charge in [0.05, 0.1) is 5.69 Å². The zero-order valence-electron chi connectivity index (χ0n) is 13.4. The molecule has 0 saturated carbocycles. The van der Waals surface area contributed by atoms with Crippen molar-refractivity contribution >= 4 is 16.5 Å². The summed E-state index contributed by atoms with van der Waals surface area (Å²) in [5.41, 5.74) is 1.29. The minimum absolute atomic E-state index is 0.705. The third-order valence-corrected chi connectivity index (χ3v) is 5.23. The van der Waals surface area contributed by atoms with E-state index in [2.05, 4.69) is 37.9 Å². The number of anilines is 1. The minimum atomic E-state index is 0.705. The molecule has 1 fully saturated rings. The molecule has 1 atom stereocenters. The van der Waals surface area contributed by atoms with E-state index in [9.17, 15) is 0 Å². The molecule has 2 heterocycles. The predicted octanol–water partition coefficient (Wildman–Crippen LogP) is 3.69. The van der Waals surface area contributed by atoms with Crippen LogP contribution in [0.3, 0.4) is 0 Å². The third-order valence-electron chi connectivity index (χ3n) is 4.07. The van der Waals surface area contributed by atoms with Gasteiger partial charge in [-0.25, -0.2) is 4.98 Å². The van der Waals surface area contributed by atoms with Crippen molar-refractivity contribution in [2.24, 2.45) is 11.8 Å². The Morgan fingerprint density at radius 2 is 2.20 bits per heavy atom. The van der Waals surface area contributed by atoms with Gasteiger partial charge < -0.3 is 10.2 Å². The first-order valence-electron chi connectivity index (χ1n) is 8.08. The lowest BCUT2D eigenvalue weighted by Crippen LogP contribution is -2.19. The van der Waals surface area contributed by atoms with Gasteiger partial charge in [0.15, 0.2) is 5.13 Å². The second-order valence-corrected chi connectivity index (χ2v) is 7.32. The highest BCUT2D eigenvalue weighted by Crippen LogP contribution is 2.31. The maximum atomic E-state index is 4.88. The molecule has 1 saturated heterocycles. The Morgan fingerprint density at radius 3 is 2.80 bits per heavy atom. The second kappa shape index (κ2) is 7.41. The number of hydrogen-bond donors (Lipinski definition) is 1. The van der Waals surface area contributed by atoms with E-state index in [1.165, 1.54) is 41.6 Å². The molecule has 0 amide bonds. The summed E-state index contributed by atoms with van der Waals surface area (Å²) in [6.45, 7) is 13.5. The molecule has 1 unspecified atom stereocenters. The second-order valence-electron chi connectivity index (χ2n) is 6.25. The van der Waals surface area contributed by atoms with Crippen LogP contribution in [0.25, 0.3) is 0 Å². The number of hydrogen-bond acceptors (Lipinski definition) is 4. The summed E-state index contributed by atoms with van der Waals surface area (Å²) < 4.78 is 0. The number of nitrogens with zero attached hydrogens (tertiary/aromatic N) is 2. The summed E-state index contributed by atoms with van der Waals surface area (Å²) >= 11 is 1.90. The topological polar surface area (TPSA) is 28.2 Å². The van der Waals surface area contributed by atoms with Gasteiger partial charge in [-0.05, 0) is 31.2 Å². The van der Waals surface area contributed by atoms with E-state index in [-0.39, 0.29) is 0 Å². The van der Waals surface area contributed by atoms with Gasteiger partial charge in [-0.15, -0.1) is 11.3 Å². The maximum Gasteiger partial charge on any atom is 0.185 e. The van der Waals surface area contributed by atoms with Gasteiger partial charge in [-0.1, -0.05) is 34.1 Å². The zero-order chi connectivity index (χ0) is 14.5. The Labute approximate surface area is 127 Å². The highest BCUT2D eigenvalue weighted by molar-refractivity contribution is 7.15. The lowest BCUT2D eigenvalue weighted by molar-refractivity contribution is 0.553. The van der Waals surface area contributed by atoms with E-state index in [0.29, 0.717) is 5.92 Å². The fourth-order valence-electron chi connectivity index (χ4n) is 2.73. The van der Waals surface area contributed by atoms with E-state index < -0.39 is 0 Å². The molecule has 0 spiro atoms. The Bertz CT molecular complexity index is 414. The van der Waals surface area contributed by atoms with Crippen LogP contribution in [0.4, 0.5) is 5.13 Å². The Morgan fingerprint density at radius 1 is 1.40 bits per heavy atom. The minimum Gasteiger partial charge on any atom is -0.348 e. The molecule has 0 aromatic carbocycles. The zero-order valence-corrected chi connectivity index (χ0v) is 14.2. The van der Waals surface area contributed by atoms with E-state index in [4.69, 9.17) is 4.98 Å². The number of aromatic nitrogens is 1. The van der Waals surface area contributed by atoms with Crippen LogP contribution in [0, 0.1) is 11.8 Å². The van der Waals surface area contributed by atoms with Crippen LogP contribution in [0.15, 0.2) is 0 Å². The molecular formula is C16H29N3S. The standard InChI is InChI=1S/C16H29N3S/c1-5-13-7-8-19(11-13)16-18-14(6-2)15(20-16)10-17-9-12(3)4/h12-13,17H,5-11H2,1-4H3. The monoisotopic (exact) mass is 295 g/mol. The molecule has 0 radical (unpaired) electrons. The normalized spacial score (nSPS) is 19.2. The van der Waals surface area contributed by atoms with Crippen LogP contribution in [0.1, 0.15) is 51.1 Å². The van der Waals surface area contributed by atoms with Gasteiger partial charge in [0.25, 0.3) is 0 Å². The molecule has 1 aliphatic rings. The van der Waals surface area contributed by atoms with Crippen molar-refractivity contribution in [1.82, 2.24) is 10.3 Å². The summed E-state index contributed by atoms with van der Waals surface area (Å²) in [7, 11) is 0. The molecule has 0 bridgehead atoms. The number of thiazole rings is 1. The van der Waals surface area contributed by atoms with Crippen molar-refractivity contribution in [3.63, 3.8) is 0 Å². The summed E-state index contributed by atoms with van der Waals surface area (Å²) in [5, 5.41) is 4.80. The fourth-order valence-corrected chi connectivity index (χ4v) is 3.89. The van der Waals surface area contributed by atoms with Gasteiger partial charge in [0, 0.05) is 24.5 Å². The SMILES string of the molecule is CCc1nc(N2CCC(CC)C2)sc1CNCC(C)C. The molecule has 1 N–H and O–H groups in total. The molecule has 20 heavy (non-hydrogen) atoms. The molecule has 3 nitrogen and oxygen atoms in total. The summed E-state index contributed by atoms with van der Waals surface area (Å²) in [6.07, 6.45) is 3.67. The summed E-state index contributed by atoms with van der Waals surface area (Å²) in [6, 6.07) is 0. The Kier molecular flexibility index (Phi) is 5.85. The van der Waals surface area contributed by atoms with Crippen LogP contribution in [0.5, 0.6) is 0 Å². The van der Waals surface area contributed by atoms with E-state index >= 15 is 0 Å². The first kappa shape index (κ1) is 15.8. The van der Waals surface area contributed by atoms with E-state index in [1.54, 1.807) is 0 Å². The summed E-state index contributed by atoms with van der Waals surface area (Å²) in [4.78, 5) is 8.81. The lowest BCUT2D eigenvalue weighted by Gasteiger charge is -2.14. The number of rotatable bonds is 7. The van der Waals surface area contributed by atoms with Crippen molar-refractivity contribution in [2.45, 2.75) is 53.5 Å². The van der Waals surface area contributed by atoms with Gasteiger partial charge in [0.2, 0.25) is 0 Å². The van der Waals surface area contributed by atoms with Crippen molar-refractivity contribution in [3.05, 3.63) is 10.6 Å². The maximum absolute atomic E-state index is 4.88. The van der Waals surface area contributed by atoms with Crippen molar-refractivity contribution in [3.8, 4) is 0 Å². The molecule has 4 heteroatoms. The van der Waals surface area contributed by atoms with Crippen LogP contribution < -0.4 is 10.2 Å². The molecule has 114 valence electrons. The van der Waals surface area contributed by atoms with Crippen LogP contribution >= 0.6 is 11.3 Å². The lowest BCUT2D eigenvalue weighted by atomic mass is 10.1. The number of aryl methyl sites for hydroxylation is 1. The largest absolute Gasteiger partial charge is 0.348 e. The van der Waals surface area contributed by atoms with Gasteiger partial charge in [-0.2, -0.15) is 0 Å². The smallest absolute Gasteiger partial charge is 0.185 e. The van der Waals surface area contributed by atoms with E-state index in [1.807, 2.05) is 11.3 Å². The predicted molar refractivity (Wildman–Crippen MR) is 88.6 cm³/mol. The highest BCUT2D eigenvalue weighted by Gasteiger charge is 2.24. The molecule has 1 aromatic rings. The fraction of sp³-hybridized carbons (Fsp3) is 0.812. The van der Waals surface area contributed by atoms with Crippen molar-refractivity contribution in [2.75, 3.05) is 24.5 Å². The molecule has 0 aliphatic carbocycles. The van der Waals surface area contributed by atoms with Gasteiger partial charge in [0.1, 0.15) is 0 Å². The number of nitrogens with one attached hydrogen (secondary N) is 1. The molecule has 1 aliphatic heterocycles.